The number of hydrogen-bond acceptors (Lipinski definition) is 4. The number of Topliss-reactive ketones (excluding diaryl/α,β-unsaturated/α-hetero) is 1. The molecule has 1 aromatic carbocycles. The summed E-state index contributed by atoms with van der Waals surface area (Å²) in [5.41, 5.74) is -0.801. The van der Waals surface area contributed by atoms with Crippen molar-refractivity contribution < 1.29 is 14.5 Å². The first-order valence-corrected chi connectivity index (χ1v) is 7.44. The smallest absolute Gasteiger partial charge is 0.312 e. The number of ketones is 1. The van der Waals surface area contributed by atoms with Crippen molar-refractivity contribution in [2.45, 2.75) is 39.2 Å². The van der Waals surface area contributed by atoms with Crippen LogP contribution in [0.2, 0.25) is 10.0 Å². The third-order valence-corrected chi connectivity index (χ3v) is 4.99. The lowest BCUT2D eigenvalue weighted by Crippen LogP contribution is -2.56. The summed E-state index contributed by atoms with van der Waals surface area (Å²) in [5.74, 6) is 0.193. The maximum absolute atomic E-state index is 11.9. The summed E-state index contributed by atoms with van der Waals surface area (Å²) in [7, 11) is 0. The zero-order valence-electron chi connectivity index (χ0n) is 11.7. The van der Waals surface area contributed by atoms with Crippen LogP contribution in [0.25, 0.3) is 0 Å². The highest BCUT2D eigenvalue weighted by Gasteiger charge is 2.54. The van der Waals surface area contributed by atoms with Crippen molar-refractivity contribution >= 4 is 34.7 Å². The Bertz CT molecular complexity index is 599. The van der Waals surface area contributed by atoms with Crippen molar-refractivity contribution in [2.75, 3.05) is 0 Å². The Kier molecular flexibility index (Phi) is 4.44. The number of carbonyl (C=O) groups is 1. The lowest BCUT2D eigenvalue weighted by Gasteiger charge is -2.46. The van der Waals surface area contributed by atoms with Gasteiger partial charge in [-0.05, 0) is 12.8 Å². The van der Waals surface area contributed by atoms with Crippen LogP contribution in [-0.4, -0.2) is 16.8 Å². The third-order valence-electron chi connectivity index (χ3n) is 4.27. The predicted molar refractivity (Wildman–Crippen MR) is 80.2 cm³/mol. The molecule has 0 amide bonds. The van der Waals surface area contributed by atoms with Crippen LogP contribution in [-0.2, 0) is 4.79 Å². The minimum absolute atomic E-state index is 0.0539. The molecular weight excluding hydrogens is 317 g/mol. The van der Waals surface area contributed by atoms with E-state index >= 15 is 0 Å². The molecule has 0 aromatic heterocycles. The average molecular weight is 332 g/mol. The molecular formula is C14H15Cl2NO4. The number of hydrogen-bond donors (Lipinski definition) is 0. The summed E-state index contributed by atoms with van der Waals surface area (Å²) in [4.78, 5) is 22.4. The van der Waals surface area contributed by atoms with Gasteiger partial charge in [0.1, 0.15) is 11.9 Å². The lowest BCUT2D eigenvalue weighted by molar-refractivity contribution is -0.386. The van der Waals surface area contributed by atoms with Crippen LogP contribution in [0.1, 0.15) is 33.1 Å². The number of nitrogens with zero attached hydrogens (tertiary/aromatic N) is 1. The first-order valence-electron chi connectivity index (χ1n) is 6.69. The number of ether oxygens (including phenoxy) is 1. The van der Waals surface area contributed by atoms with E-state index < -0.39 is 10.3 Å². The maximum Gasteiger partial charge on any atom is 0.312 e. The molecule has 0 spiro atoms. The Morgan fingerprint density at radius 2 is 1.90 bits per heavy atom. The Morgan fingerprint density at radius 3 is 2.38 bits per heavy atom. The average Bonchev–Trinajstić information content (AvgIpc) is 2.43. The number of halogens is 2. The van der Waals surface area contributed by atoms with Crippen molar-refractivity contribution in [3.63, 3.8) is 0 Å². The van der Waals surface area contributed by atoms with Gasteiger partial charge in [0.25, 0.3) is 0 Å². The van der Waals surface area contributed by atoms with E-state index in [2.05, 4.69) is 0 Å². The van der Waals surface area contributed by atoms with Gasteiger partial charge < -0.3 is 4.74 Å². The molecule has 1 aromatic rings. The van der Waals surface area contributed by atoms with Gasteiger partial charge in [-0.3, -0.25) is 14.9 Å². The van der Waals surface area contributed by atoms with E-state index in [1.165, 1.54) is 12.1 Å². The number of rotatable bonds is 5. The highest BCUT2D eigenvalue weighted by atomic mass is 35.5. The molecule has 2 rings (SSSR count). The largest absolute Gasteiger partial charge is 0.482 e. The van der Waals surface area contributed by atoms with E-state index in [9.17, 15) is 14.9 Å². The van der Waals surface area contributed by atoms with Gasteiger partial charge in [-0.15, -0.1) is 0 Å². The molecule has 0 radical (unpaired) electrons. The molecule has 1 aliphatic carbocycles. The summed E-state index contributed by atoms with van der Waals surface area (Å²) in [6.07, 6.45) is 1.18. The van der Waals surface area contributed by atoms with Gasteiger partial charge >= 0.3 is 5.69 Å². The molecule has 1 unspecified atom stereocenters. The SMILES string of the molecule is CCC1(CC)C(=O)CC1Oc1cc(Cl)c(Cl)cc1[N+](=O)[O-]. The monoisotopic (exact) mass is 331 g/mol. The van der Waals surface area contributed by atoms with Crippen LogP contribution in [0.5, 0.6) is 5.75 Å². The fourth-order valence-corrected chi connectivity index (χ4v) is 3.09. The van der Waals surface area contributed by atoms with Crippen molar-refractivity contribution in [2.24, 2.45) is 5.41 Å². The zero-order chi connectivity index (χ0) is 15.8. The molecule has 1 fully saturated rings. The summed E-state index contributed by atoms with van der Waals surface area (Å²) in [6.45, 7) is 3.83. The van der Waals surface area contributed by atoms with Crippen LogP contribution >= 0.6 is 23.2 Å². The fraction of sp³-hybridized carbons (Fsp3) is 0.500. The predicted octanol–water partition coefficient (Wildman–Crippen LogP) is 4.43. The van der Waals surface area contributed by atoms with Crippen LogP contribution < -0.4 is 4.74 Å². The summed E-state index contributed by atoms with van der Waals surface area (Å²) in [5, 5.41) is 11.4. The number of nitro groups is 1. The van der Waals surface area contributed by atoms with Crippen molar-refractivity contribution in [3.05, 3.63) is 32.3 Å². The highest BCUT2D eigenvalue weighted by molar-refractivity contribution is 6.42. The molecule has 5 nitrogen and oxygen atoms in total. The van der Waals surface area contributed by atoms with Crippen molar-refractivity contribution in [3.8, 4) is 5.75 Å². The molecule has 0 aliphatic heterocycles. The first-order chi connectivity index (χ1) is 9.85. The molecule has 1 atom stereocenters. The van der Waals surface area contributed by atoms with Gasteiger partial charge in [-0.2, -0.15) is 0 Å². The number of benzene rings is 1. The second-order valence-corrected chi connectivity index (χ2v) is 5.90. The van der Waals surface area contributed by atoms with Gasteiger partial charge in [-0.1, -0.05) is 37.0 Å². The quantitative estimate of drug-likeness (QED) is 0.591. The van der Waals surface area contributed by atoms with E-state index in [1.807, 2.05) is 13.8 Å². The maximum atomic E-state index is 11.9. The van der Waals surface area contributed by atoms with Crippen LogP contribution in [0.4, 0.5) is 5.69 Å². The Balaban J connectivity index is 2.34. The van der Waals surface area contributed by atoms with Gasteiger partial charge in [0.2, 0.25) is 0 Å². The highest BCUT2D eigenvalue weighted by Crippen LogP contribution is 2.47. The molecule has 21 heavy (non-hydrogen) atoms. The Morgan fingerprint density at radius 1 is 1.33 bits per heavy atom. The first kappa shape index (κ1) is 16.0. The molecule has 1 saturated carbocycles. The second-order valence-electron chi connectivity index (χ2n) is 5.09. The van der Waals surface area contributed by atoms with Crippen molar-refractivity contribution in [1.29, 1.82) is 0 Å². The molecule has 0 N–H and O–H groups in total. The van der Waals surface area contributed by atoms with Gasteiger partial charge in [0, 0.05) is 18.6 Å². The van der Waals surface area contributed by atoms with Crippen LogP contribution in [0.3, 0.4) is 0 Å². The van der Waals surface area contributed by atoms with E-state index in [4.69, 9.17) is 27.9 Å². The van der Waals surface area contributed by atoms with E-state index in [0.717, 1.165) is 0 Å². The zero-order valence-corrected chi connectivity index (χ0v) is 13.2. The standard InChI is InChI=1S/C14H15Cl2NO4/c1-3-14(4-2)12(18)7-13(14)21-11-6-9(16)8(15)5-10(11)17(19)20/h5-6,13H,3-4,7H2,1-2H3. The second kappa shape index (κ2) is 5.81. The minimum Gasteiger partial charge on any atom is -0.482 e. The Labute approximate surface area is 132 Å². The molecule has 0 bridgehead atoms. The van der Waals surface area contributed by atoms with Crippen LogP contribution in [0.15, 0.2) is 12.1 Å². The molecule has 0 saturated heterocycles. The topological polar surface area (TPSA) is 69.4 Å². The van der Waals surface area contributed by atoms with Gasteiger partial charge in [0.05, 0.1) is 20.4 Å². The lowest BCUT2D eigenvalue weighted by atomic mass is 9.61. The van der Waals surface area contributed by atoms with Gasteiger partial charge in [0.15, 0.2) is 5.75 Å². The molecule has 114 valence electrons. The summed E-state index contributed by atoms with van der Waals surface area (Å²) in [6, 6.07) is 2.50. The van der Waals surface area contributed by atoms with Crippen molar-refractivity contribution in [1.82, 2.24) is 0 Å². The molecule has 7 heteroatoms. The third kappa shape index (κ3) is 2.60. The normalized spacial score (nSPS) is 20.0. The molecule has 1 aliphatic rings. The molecule has 0 heterocycles. The number of nitro benzene ring substituents is 1. The summed E-state index contributed by atoms with van der Waals surface area (Å²) < 4.78 is 5.74. The number of carbonyl (C=O) groups excluding carboxylic acids is 1. The fourth-order valence-electron chi connectivity index (χ4n) is 2.78. The Hall–Kier alpha value is -1.33. The van der Waals surface area contributed by atoms with E-state index in [1.54, 1.807) is 0 Å². The van der Waals surface area contributed by atoms with Crippen LogP contribution in [0, 0.1) is 15.5 Å². The van der Waals surface area contributed by atoms with E-state index in [-0.39, 0.29) is 39.8 Å². The minimum atomic E-state index is -0.572. The van der Waals surface area contributed by atoms with Gasteiger partial charge in [-0.25, -0.2) is 0 Å². The van der Waals surface area contributed by atoms with E-state index in [0.29, 0.717) is 12.8 Å². The summed E-state index contributed by atoms with van der Waals surface area (Å²) >= 11 is 11.7.